The topological polar surface area (TPSA) is 83.5 Å². The van der Waals surface area contributed by atoms with E-state index in [4.69, 9.17) is 5.11 Å². The zero-order chi connectivity index (χ0) is 17.3. The van der Waals surface area contributed by atoms with Crippen LogP contribution in [-0.2, 0) is 10.0 Å². The molecular weight excluding hydrogens is 323 g/mol. The van der Waals surface area contributed by atoms with Gasteiger partial charge in [0.2, 0.25) is 10.0 Å². The van der Waals surface area contributed by atoms with Crippen LogP contribution in [0.2, 0.25) is 0 Å². The fourth-order valence-electron chi connectivity index (χ4n) is 1.37. The number of rotatable bonds is 5. The second-order valence-corrected chi connectivity index (χ2v) is 7.49. The first kappa shape index (κ1) is 18.4. The highest BCUT2D eigenvalue weighted by Crippen LogP contribution is 2.35. The lowest BCUT2D eigenvalue weighted by molar-refractivity contribution is -0.0897. The fraction of sp³-hybridized carbons (Fsp3) is 0.462. The number of carboxylic acids is 1. The lowest BCUT2D eigenvalue weighted by Gasteiger charge is -2.30. The van der Waals surface area contributed by atoms with E-state index in [1.54, 1.807) is 4.72 Å². The van der Waals surface area contributed by atoms with Gasteiger partial charge in [-0.3, -0.25) is 0 Å². The van der Waals surface area contributed by atoms with Crippen LogP contribution < -0.4 is 4.72 Å². The molecule has 1 aromatic carbocycles. The van der Waals surface area contributed by atoms with Gasteiger partial charge in [-0.2, -0.15) is 0 Å². The monoisotopic (exact) mass is 339 g/mol. The SMILES string of the molecule is CC(C)(C)C(F)(F)CNS(=O)(=O)c1ccc(C(=O)O)c(F)c1. The molecular formula is C13H16F3NO4S. The highest BCUT2D eigenvalue weighted by atomic mass is 32.2. The van der Waals surface area contributed by atoms with Gasteiger partial charge >= 0.3 is 5.97 Å². The van der Waals surface area contributed by atoms with E-state index in [2.05, 4.69) is 0 Å². The Labute approximate surface area is 126 Å². The minimum absolute atomic E-state index is 0.473. The summed E-state index contributed by atoms with van der Waals surface area (Å²) in [5.74, 6) is -6.15. The predicted octanol–water partition coefficient (Wildman–Crippen LogP) is 2.48. The molecule has 1 rings (SSSR count). The van der Waals surface area contributed by atoms with E-state index in [1.165, 1.54) is 20.8 Å². The lowest BCUT2D eigenvalue weighted by Crippen LogP contribution is -2.45. The van der Waals surface area contributed by atoms with Gasteiger partial charge in [-0.05, 0) is 18.2 Å². The molecule has 0 saturated carbocycles. The number of carboxylic acid groups (broad SMARTS) is 1. The lowest BCUT2D eigenvalue weighted by atomic mass is 9.88. The van der Waals surface area contributed by atoms with Gasteiger partial charge in [0.15, 0.2) is 0 Å². The Hall–Kier alpha value is -1.61. The minimum atomic E-state index is -4.38. The fourth-order valence-corrected chi connectivity index (χ4v) is 2.41. The van der Waals surface area contributed by atoms with E-state index in [-0.39, 0.29) is 0 Å². The number of aromatic carboxylic acids is 1. The van der Waals surface area contributed by atoms with Gasteiger partial charge in [0.05, 0.1) is 17.0 Å². The summed E-state index contributed by atoms with van der Waals surface area (Å²) in [4.78, 5) is 10.0. The van der Waals surface area contributed by atoms with E-state index >= 15 is 0 Å². The molecule has 0 amide bonds. The first-order chi connectivity index (χ1) is 9.78. The van der Waals surface area contributed by atoms with Gasteiger partial charge in [0.25, 0.3) is 5.92 Å². The number of carbonyl (C=O) groups is 1. The summed E-state index contributed by atoms with van der Waals surface area (Å²) < 4.78 is 66.4. The summed E-state index contributed by atoms with van der Waals surface area (Å²) in [7, 11) is -4.38. The zero-order valence-electron chi connectivity index (χ0n) is 12.2. The van der Waals surface area contributed by atoms with Crippen LogP contribution in [-0.4, -0.2) is 32.0 Å². The Balaban J connectivity index is 3.02. The predicted molar refractivity (Wildman–Crippen MR) is 72.9 cm³/mol. The van der Waals surface area contributed by atoms with Crippen molar-refractivity contribution in [3.63, 3.8) is 0 Å². The molecule has 0 radical (unpaired) electrons. The van der Waals surface area contributed by atoms with Crippen LogP contribution in [0.4, 0.5) is 13.2 Å². The van der Waals surface area contributed by atoms with Crippen LogP contribution >= 0.6 is 0 Å². The molecule has 0 heterocycles. The van der Waals surface area contributed by atoms with Gasteiger partial charge in [0, 0.05) is 5.41 Å². The molecule has 0 aliphatic heterocycles. The smallest absolute Gasteiger partial charge is 0.338 e. The third-order valence-corrected chi connectivity index (χ3v) is 4.46. The number of benzene rings is 1. The number of hydrogen-bond acceptors (Lipinski definition) is 3. The second-order valence-electron chi connectivity index (χ2n) is 5.73. The average molecular weight is 339 g/mol. The molecule has 124 valence electrons. The maximum absolute atomic E-state index is 13.7. The van der Waals surface area contributed by atoms with Crippen LogP contribution in [0, 0.1) is 11.2 Å². The summed E-state index contributed by atoms with van der Waals surface area (Å²) in [6.45, 7) is 2.61. The van der Waals surface area contributed by atoms with Gasteiger partial charge in [-0.1, -0.05) is 20.8 Å². The Kier molecular flexibility index (Phi) is 4.93. The van der Waals surface area contributed by atoms with Gasteiger partial charge in [0.1, 0.15) is 5.82 Å². The van der Waals surface area contributed by atoms with Crippen LogP contribution in [0.5, 0.6) is 0 Å². The standard InChI is InChI=1S/C13H16F3NO4S/c1-12(2,3)13(15,16)7-17-22(20,21)8-4-5-9(11(18)19)10(14)6-8/h4-6,17H,7H2,1-3H3,(H,18,19). The average Bonchev–Trinajstić information content (AvgIpc) is 2.34. The van der Waals surface area contributed by atoms with E-state index in [1.807, 2.05) is 0 Å². The molecule has 0 atom stereocenters. The highest BCUT2D eigenvalue weighted by molar-refractivity contribution is 7.89. The van der Waals surface area contributed by atoms with Crippen molar-refractivity contribution in [3.05, 3.63) is 29.6 Å². The Bertz CT molecular complexity index is 681. The second kappa shape index (κ2) is 5.88. The van der Waals surface area contributed by atoms with Crippen molar-refractivity contribution >= 4 is 16.0 Å². The highest BCUT2D eigenvalue weighted by Gasteiger charge is 2.43. The molecule has 0 fully saturated rings. The van der Waals surface area contributed by atoms with E-state index in [9.17, 15) is 26.4 Å². The van der Waals surface area contributed by atoms with Crippen LogP contribution in [0.15, 0.2) is 23.1 Å². The third kappa shape index (κ3) is 3.98. The van der Waals surface area contributed by atoms with Crippen molar-refractivity contribution in [1.82, 2.24) is 4.72 Å². The first-order valence-corrected chi connectivity index (χ1v) is 7.66. The largest absolute Gasteiger partial charge is 0.478 e. The normalized spacial score (nSPS) is 13.2. The Morgan fingerprint density at radius 2 is 1.82 bits per heavy atom. The number of sulfonamides is 1. The van der Waals surface area contributed by atoms with Crippen molar-refractivity contribution in [2.75, 3.05) is 6.54 Å². The molecule has 0 aliphatic rings. The van der Waals surface area contributed by atoms with Crippen molar-refractivity contribution in [1.29, 1.82) is 0 Å². The molecule has 22 heavy (non-hydrogen) atoms. The van der Waals surface area contributed by atoms with E-state index < -0.39 is 50.2 Å². The molecule has 0 aromatic heterocycles. The molecule has 2 N–H and O–H groups in total. The number of halogens is 3. The minimum Gasteiger partial charge on any atom is -0.478 e. The summed E-state index contributed by atoms with van der Waals surface area (Å²) in [5.41, 5.74) is -2.17. The van der Waals surface area contributed by atoms with Gasteiger partial charge in [-0.15, -0.1) is 0 Å². The van der Waals surface area contributed by atoms with Crippen LogP contribution in [0.1, 0.15) is 31.1 Å². The molecule has 9 heteroatoms. The van der Waals surface area contributed by atoms with Crippen molar-refractivity contribution in [2.45, 2.75) is 31.6 Å². The first-order valence-electron chi connectivity index (χ1n) is 6.18. The van der Waals surface area contributed by atoms with Crippen LogP contribution in [0.25, 0.3) is 0 Å². The molecule has 0 aliphatic carbocycles. The quantitative estimate of drug-likeness (QED) is 0.863. The Morgan fingerprint density at radius 3 is 2.23 bits per heavy atom. The maximum Gasteiger partial charge on any atom is 0.338 e. The summed E-state index contributed by atoms with van der Waals surface area (Å²) in [6, 6.07) is 2.07. The zero-order valence-corrected chi connectivity index (χ0v) is 13.0. The van der Waals surface area contributed by atoms with Crippen LogP contribution in [0.3, 0.4) is 0 Å². The number of nitrogens with one attached hydrogen (secondary N) is 1. The Morgan fingerprint density at radius 1 is 1.27 bits per heavy atom. The van der Waals surface area contributed by atoms with Crippen molar-refractivity contribution in [2.24, 2.45) is 5.41 Å². The van der Waals surface area contributed by atoms with E-state index in [0.29, 0.717) is 6.07 Å². The number of alkyl halides is 2. The molecule has 0 bridgehead atoms. The molecule has 0 unspecified atom stereocenters. The van der Waals surface area contributed by atoms with E-state index in [0.717, 1.165) is 12.1 Å². The maximum atomic E-state index is 13.7. The molecule has 5 nitrogen and oxygen atoms in total. The summed E-state index contributed by atoms with van der Waals surface area (Å²) in [5, 5.41) is 8.65. The number of hydrogen-bond donors (Lipinski definition) is 2. The third-order valence-electron chi connectivity index (χ3n) is 3.06. The molecule has 1 aromatic rings. The van der Waals surface area contributed by atoms with Gasteiger partial charge < -0.3 is 5.11 Å². The summed E-state index contributed by atoms with van der Waals surface area (Å²) >= 11 is 0. The van der Waals surface area contributed by atoms with Crippen molar-refractivity contribution in [3.8, 4) is 0 Å². The molecule has 0 spiro atoms. The molecule has 0 saturated heterocycles. The van der Waals surface area contributed by atoms with Crippen molar-refractivity contribution < 1.29 is 31.5 Å². The summed E-state index contributed by atoms with van der Waals surface area (Å²) in [6.07, 6.45) is 0. The van der Waals surface area contributed by atoms with Gasteiger partial charge in [-0.25, -0.2) is 31.1 Å².